The van der Waals surface area contributed by atoms with Crippen LogP contribution in [0, 0.1) is 0 Å². The molecule has 0 saturated carbocycles. The summed E-state index contributed by atoms with van der Waals surface area (Å²) in [4.78, 5) is 11.4. The van der Waals surface area contributed by atoms with Crippen molar-refractivity contribution in [2.75, 3.05) is 17.2 Å². The highest BCUT2D eigenvalue weighted by molar-refractivity contribution is 5.83. The van der Waals surface area contributed by atoms with Crippen LogP contribution in [-0.2, 0) is 9.53 Å². The summed E-state index contributed by atoms with van der Waals surface area (Å²) in [5.41, 5.74) is 3.70. The van der Waals surface area contributed by atoms with Crippen LogP contribution in [0.2, 0.25) is 0 Å². The summed E-state index contributed by atoms with van der Waals surface area (Å²) in [7, 11) is 0. The Kier molecular flexibility index (Phi) is 5.60. The lowest BCUT2D eigenvalue weighted by atomic mass is 10.2. The van der Waals surface area contributed by atoms with Crippen molar-refractivity contribution in [3.8, 4) is 0 Å². The summed E-state index contributed by atoms with van der Waals surface area (Å²) < 4.78 is 4.87. The van der Waals surface area contributed by atoms with E-state index < -0.39 is 0 Å². The molecule has 2 rings (SSSR count). The van der Waals surface area contributed by atoms with Crippen LogP contribution in [0.4, 0.5) is 17.1 Å². The van der Waals surface area contributed by atoms with Gasteiger partial charge in [0.15, 0.2) is 0 Å². The third-order valence-corrected chi connectivity index (χ3v) is 2.91. The first-order valence-electron chi connectivity index (χ1n) is 7.21. The molecule has 0 fully saturated rings. The van der Waals surface area contributed by atoms with Crippen LogP contribution >= 0.6 is 0 Å². The van der Waals surface area contributed by atoms with Crippen molar-refractivity contribution in [3.05, 3.63) is 66.4 Å². The summed E-state index contributed by atoms with van der Waals surface area (Å²) in [6, 6.07) is 17.8. The molecule has 4 nitrogen and oxygen atoms in total. The van der Waals surface area contributed by atoms with Gasteiger partial charge >= 0.3 is 5.97 Å². The van der Waals surface area contributed by atoms with Gasteiger partial charge in [-0.1, -0.05) is 18.2 Å². The molecule has 0 amide bonds. The van der Waals surface area contributed by atoms with Crippen LogP contribution in [0.1, 0.15) is 13.8 Å². The molecule has 22 heavy (non-hydrogen) atoms. The van der Waals surface area contributed by atoms with Crippen molar-refractivity contribution in [3.63, 3.8) is 0 Å². The van der Waals surface area contributed by atoms with Gasteiger partial charge in [-0.05, 0) is 50.2 Å². The molecule has 0 radical (unpaired) electrons. The maximum Gasteiger partial charge on any atom is 0.332 e. The Morgan fingerprint density at radius 3 is 2.23 bits per heavy atom. The molecule has 0 heterocycles. The van der Waals surface area contributed by atoms with Crippen molar-refractivity contribution < 1.29 is 9.53 Å². The fourth-order valence-electron chi connectivity index (χ4n) is 1.95. The fraction of sp³-hybridized carbons (Fsp3) is 0.167. The first-order chi connectivity index (χ1) is 10.7. The number of carbonyl (C=O) groups excluding carboxylic acids is 1. The lowest BCUT2D eigenvalue weighted by molar-refractivity contribution is -0.137. The quantitative estimate of drug-likeness (QED) is 0.616. The smallest absolute Gasteiger partial charge is 0.332 e. The summed E-state index contributed by atoms with van der Waals surface area (Å²) >= 11 is 0. The van der Waals surface area contributed by atoms with E-state index in [0.29, 0.717) is 6.61 Å². The molecule has 2 N–H and O–H groups in total. The Hall–Kier alpha value is -2.75. The molecule has 2 aromatic carbocycles. The topological polar surface area (TPSA) is 50.4 Å². The molecule has 0 spiro atoms. The molecular formula is C18H20N2O2. The molecule has 0 aliphatic rings. The second kappa shape index (κ2) is 7.88. The van der Waals surface area contributed by atoms with Crippen molar-refractivity contribution in [1.29, 1.82) is 0 Å². The number of allylic oxidation sites excluding steroid dienone is 1. The zero-order chi connectivity index (χ0) is 15.8. The Morgan fingerprint density at radius 2 is 1.59 bits per heavy atom. The third-order valence-electron chi connectivity index (χ3n) is 2.91. The van der Waals surface area contributed by atoms with Gasteiger partial charge in [0.2, 0.25) is 0 Å². The zero-order valence-electron chi connectivity index (χ0n) is 12.8. The minimum absolute atomic E-state index is 0.338. The molecule has 0 unspecified atom stereocenters. The molecular weight excluding hydrogens is 276 g/mol. The van der Waals surface area contributed by atoms with E-state index in [4.69, 9.17) is 4.74 Å². The van der Waals surface area contributed by atoms with Crippen LogP contribution in [0.15, 0.2) is 66.4 Å². The van der Waals surface area contributed by atoms with Gasteiger partial charge < -0.3 is 15.4 Å². The lowest BCUT2D eigenvalue weighted by Gasteiger charge is -2.09. The highest BCUT2D eigenvalue weighted by Crippen LogP contribution is 2.19. The number of benzene rings is 2. The normalized spacial score (nSPS) is 10.9. The molecule has 0 aliphatic heterocycles. The van der Waals surface area contributed by atoms with E-state index in [2.05, 4.69) is 10.6 Å². The Labute approximate surface area is 130 Å². The number of hydrogen-bond donors (Lipinski definition) is 2. The third kappa shape index (κ3) is 4.98. The van der Waals surface area contributed by atoms with Crippen molar-refractivity contribution in [1.82, 2.24) is 0 Å². The number of hydrogen-bond acceptors (Lipinski definition) is 4. The molecule has 2 aromatic rings. The van der Waals surface area contributed by atoms with Crippen LogP contribution in [0.3, 0.4) is 0 Å². The largest absolute Gasteiger partial charge is 0.463 e. The van der Waals surface area contributed by atoms with E-state index >= 15 is 0 Å². The van der Waals surface area contributed by atoms with Gasteiger partial charge in [-0.3, -0.25) is 0 Å². The average Bonchev–Trinajstić information content (AvgIpc) is 2.50. The molecule has 0 bridgehead atoms. The van der Waals surface area contributed by atoms with Gasteiger partial charge in [0.25, 0.3) is 0 Å². The first-order valence-corrected chi connectivity index (χ1v) is 7.21. The van der Waals surface area contributed by atoms with Crippen molar-refractivity contribution in [2.24, 2.45) is 0 Å². The van der Waals surface area contributed by atoms with Gasteiger partial charge in [-0.25, -0.2) is 4.79 Å². The number of rotatable bonds is 6. The van der Waals surface area contributed by atoms with Gasteiger partial charge in [0, 0.05) is 28.8 Å². The number of carbonyl (C=O) groups is 1. The minimum Gasteiger partial charge on any atom is -0.463 e. The van der Waals surface area contributed by atoms with E-state index in [9.17, 15) is 4.79 Å². The zero-order valence-corrected chi connectivity index (χ0v) is 12.8. The Bertz CT molecular complexity index is 634. The van der Waals surface area contributed by atoms with Gasteiger partial charge in [-0.15, -0.1) is 0 Å². The Balaban J connectivity index is 1.96. The summed E-state index contributed by atoms with van der Waals surface area (Å²) in [5, 5.41) is 6.47. The highest BCUT2D eigenvalue weighted by Gasteiger charge is 1.99. The molecule has 0 saturated heterocycles. The lowest BCUT2D eigenvalue weighted by Crippen LogP contribution is -2.04. The second-order valence-electron chi connectivity index (χ2n) is 4.77. The number of esters is 1. The van der Waals surface area contributed by atoms with Gasteiger partial charge in [-0.2, -0.15) is 0 Å². The summed E-state index contributed by atoms with van der Waals surface area (Å²) in [6.45, 7) is 3.99. The SMILES string of the molecule is CCOC(=O)/C=C(\C)Nc1ccc(Nc2ccccc2)cc1. The highest BCUT2D eigenvalue weighted by atomic mass is 16.5. The first kappa shape index (κ1) is 15.6. The van der Waals surface area contributed by atoms with Gasteiger partial charge in [0.05, 0.1) is 6.61 Å². The summed E-state index contributed by atoms with van der Waals surface area (Å²) in [5.74, 6) is -0.338. The van der Waals surface area contributed by atoms with Gasteiger partial charge in [0.1, 0.15) is 0 Å². The van der Waals surface area contributed by atoms with Crippen LogP contribution in [0.25, 0.3) is 0 Å². The predicted octanol–water partition coefficient (Wildman–Crippen LogP) is 4.31. The fourth-order valence-corrected chi connectivity index (χ4v) is 1.95. The van der Waals surface area contributed by atoms with Crippen molar-refractivity contribution in [2.45, 2.75) is 13.8 Å². The van der Waals surface area contributed by atoms with E-state index in [1.165, 1.54) is 6.08 Å². The molecule has 0 aliphatic carbocycles. The number of nitrogens with one attached hydrogen (secondary N) is 2. The molecule has 4 heteroatoms. The van der Waals surface area contributed by atoms with Crippen LogP contribution in [-0.4, -0.2) is 12.6 Å². The number of para-hydroxylation sites is 1. The molecule has 0 atom stereocenters. The van der Waals surface area contributed by atoms with E-state index in [-0.39, 0.29) is 5.97 Å². The molecule has 0 aromatic heterocycles. The summed E-state index contributed by atoms with van der Waals surface area (Å²) in [6.07, 6.45) is 1.44. The number of ether oxygens (including phenoxy) is 1. The van der Waals surface area contributed by atoms with Crippen LogP contribution < -0.4 is 10.6 Å². The van der Waals surface area contributed by atoms with Crippen molar-refractivity contribution >= 4 is 23.0 Å². The number of anilines is 3. The van der Waals surface area contributed by atoms with Crippen LogP contribution in [0.5, 0.6) is 0 Å². The average molecular weight is 296 g/mol. The van der Waals surface area contributed by atoms with E-state index in [1.54, 1.807) is 6.92 Å². The predicted molar refractivity (Wildman–Crippen MR) is 90.2 cm³/mol. The van der Waals surface area contributed by atoms with E-state index in [0.717, 1.165) is 22.8 Å². The van der Waals surface area contributed by atoms with E-state index in [1.807, 2.05) is 61.5 Å². The minimum atomic E-state index is -0.338. The maximum absolute atomic E-state index is 11.4. The second-order valence-corrected chi connectivity index (χ2v) is 4.77. The molecule has 114 valence electrons. The Morgan fingerprint density at radius 1 is 1.00 bits per heavy atom. The standard InChI is InChI=1S/C18H20N2O2/c1-3-22-18(21)13-14(2)19-16-9-11-17(12-10-16)20-15-7-5-4-6-8-15/h4-13,19-20H,3H2,1-2H3/b14-13+. The monoisotopic (exact) mass is 296 g/mol. The maximum atomic E-state index is 11.4.